The van der Waals surface area contributed by atoms with Crippen molar-refractivity contribution in [3.8, 4) is 17.6 Å². The van der Waals surface area contributed by atoms with Crippen molar-refractivity contribution < 1.29 is 24.5 Å². The third-order valence-corrected chi connectivity index (χ3v) is 2.25. The van der Waals surface area contributed by atoms with Gasteiger partial charge in [-0.25, -0.2) is 0 Å². The van der Waals surface area contributed by atoms with Crippen LogP contribution in [0, 0.1) is 11.3 Å². The minimum absolute atomic E-state index is 0.0329. The van der Waals surface area contributed by atoms with Crippen molar-refractivity contribution in [1.29, 1.82) is 5.26 Å². The summed E-state index contributed by atoms with van der Waals surface area (Å²) in [5.41, 5.74) is 5.66. The number of anilines is 1. The lowest BCUT2D eigenvalue weighted by Crippen LogP contribution is -2.23. The van der Waals surface area contributed by atoms with Gasteiger partial charge in [-0.1, -0.05) is 0 Å². The van der Waals surface area contributed by atoms with Crippen LogP contribution in [0.4, 0.5) is 5.69 Å². The van der Waals surface area contributed by atoms with Crippen molar-refractivity contribution in [2.45, 2.75) is 6.92 Å². The van der Waals surface area contributed by atoms with Crippen molar-refractivity contribution in [3.05, 3.63) is 23.3 Å². The van der Waals surface area contributed by atoms with Crippen molar-refractivity contribution in [1.82, 2.24) is 5.32 Å². The molecule has 0 saturated heterocycles. The second kappa shape index (κ2) is 9.66. The molecule has 0 aliphatic heterocycles. The molecule has 0 atom stereocenters. The van der Waals surface area contributed by atoms with Crippen LogP contribution < -0.4 is 11.1 Å². The van der Waals surface area contributed by atoms with Crippen LogP contribution >= 0.6 is 0 Å². The lowest BCUT2D eigenvalue weighted by atomic mass is 10.1. The van der Waals surface area contributed by atoms with E-state index < -0.39 is 17.4 Å². The molecular weight excluding hydrogens is 290 g/mol. The molecule has 0 fully saturated rings. The Balaban J connectivity index is 0.000000980. The Kier molecular flexibility index (Phi) is 8.25. The number of nitriles is 1. The molecule has 0 bridgehead atoms. The van der Waals surface area contributed by atoms with Crippen LogP contribution in [0.3, 0.4) is 0 Å². The smallest absolute Gasteiger partial charge is 0.292 e. The summed E-state index contributed by atoms with van der Waals surface area (Å²) < 4.78 is 3.86. The molecule has 118 valence electrons. The molecule has 0 aliphatic rings. The fourth-order valence-corrected chi connectivity index (χ4v) is 1.32. The zero-order valence-corrected chi connectivity index (χ0v) is 12.2. The number of nitrogens with one attached hydrogen (secondary N) is 1. The molecule has 0 heterocycles. The molecule has 8 heteroatoms. The molecular formula is C14H17N3O5. The van der Waals surface area contributed by atoms with Crippen LogP contribution in [-0.2, 0) is 14.3 Å². The Morgan fingerprint density at radius 2 is 2.09 bits per heavy atom. The number of hydrogen-bond acceptors (Lipinski definition) is 7. The zero-order chi connectivity index (χ0) is 17.1. The zero-order valence-electron chi connectivity index (χ0n) is 12.2. The first-order valence-electron chi connectivity index (χ1n) is 6.09. The van der Waals surface area contributed by atoms with E-state index in [1.54, 1.807) is 13.0 Å². The number of phenolic OH excluding ortho intramolecular Hbond substituents is 2. The number of phenols is 2. The number of nitrogens with two attached hydrogens (primary N) is 1. The first-order chi connectivity index (χ1) is 10.4. The van der Waals surface area contributed by atoms with E-state index in [0.29, 0.717) is 18.6 Å². The quantitative estimate of drug-likeness (QED) is 0.208. The Labute approximate surface area is 127 Å². The summed E-state index contributed by atoms with van der Waals surface area (Å²) in [4.78, 5) is 20.4. The number of amides is 1. The summed E-state index contributed by atoms with van der Waals surface area (Å²) in [6.07, 6.45) is 1.28. The number of hydrogen-bond donors (Lipinski definition) is 4. The number of carbonyl (C=O) groups is 2. The van der Waals surface area contributed by atoms with Crippen LogP contribution in [0.15, 0.2) is 17.7 Å². The van der Waals surface area contributed by atoms with Gasteiger partial charge in [0.2, 0.25) is 0 Å². The second-order valence-corrected chi connectivity index (χ2v) is 3.84. The van der Waals surface area contributed by atoms with Crippen LogP contribution in [0.2, 0.25) is 0 Å². The van der Waals surface area contributed by atoms with Crippen molar-refractivity contribution in [2.75, 3.05) is 19.4 Å². The number of aromatic hydroxyl groups is 2. The standard InChI is InChI=1S/C12H13N3O3.C2H4O2/c1-2-15-12(18)8(6-13)3-7-4-9(14)11(17)10(16)5-7;1-4-2-3/h3-5,16-17H,2,14H2,1H3,(H,15,18);2H,1H3/b8-3+;. The van der Waals surface area contributed by atoms with Crippen LogP contribution in [0.1, 0.15) is 12.5 Å². The molecule has 1 rings (SSSR count). The van der Waals surface area contributed by atoms with Gasteiger partial charge in [0.05, 0.1) is 12.8 Å². The fourth-order valence-electron chi connectivity index (χ4n) is 1.32. The Bertz CT molecular complexity index is 582. The average molecular weight is 307 g/mol. The van der Waals surface area contributed by atoms with E-state index in [4.69, 9.17) is 15.8 Å². The Morgan fingerprint density at radius 1 is 1.50 bits per heavy atom. The molecule has 0 aliphatic carbocycles. The summed E-state index contributed by atoms with van der Waals surface area (Å²) in [7, 11) is 1.31. The number of benzene rings is 1. The minimum atomic E-state index is -0.508. The Hall–Kier alpha value is -3.21. The molecule has 8 nitrogen and oxygen atoms in total. The topological polar surface area (TPSA) is 146 Å². The van der Waals surface area contributed by atoms with Gasteiger partial charge in [-0.05, 0) is 30.7 Å². The molecule has 0 saturated carbocycles. The Morgan fingerprint density at radius 3 is 2.50 bits per heavy atom. The highest BCUT2D eigenvalue weighted by Crippen LogP contribution is 2.32. The number of nitrogens with zero attached hydrogens (tertiary/aromatic N) is 1. The molecule has 1 aromatic carbocycles. The van der Waals surface area contributed by atoms with Crippen molar-refractivity contribution >= 4 is 24.1 Å². The van der Waals surface area contributed by atoms with Gasteiger partial charge in [0, 0.05) is 6.54 Å². The molecule has 0 aromatic heterocycles. The minimum Gasteiger partial charge on any atom is -0.504 e. The maximum Gasteiger partial charge on any atom is 0.292 e. The normalized spacial score (nSPS) is 9.77. The maximum atomic E-state index is 11.5. The van der Waals surface area contributed by atoms with E-state index in [1.807, 2.05) is 0 Å². The van der Waals surface area contributed by atoms with Crippen LogP contribution in [-0.4, -0.2) is 36.2 Å². The number of nitrogen functional groups attached to an aromatic ring is 1. The monoisotopic (exact) mass is 307 g/mol. The highest BCUT2D eigenvalue weighted by Gasteiger charge is 2.10. The number of methoxy groups -OCH3 is 1. The van der Waals surface area contributed by atoms with Gasteiger partial charge in [-0.2, -0.15) is 5.26 Å². The third-order valence-electron chi connectivity index (χ3n) is 2.25. The van der Waals surface area contributed by atoms with Gasteiger partial charge < -0.3 is 26.0 Å². The summed E-state index contributed by atoms with van der Waals surface area (Å²) in [5, 5.41) is 30.0. The van der Waals surface area contributed by atoms with E-state index in [2.05, 4.69) is 10.1 Å². The van der Waals surface area contributed by atoms with Gasteiger partial charge in [-0.15, -0.1) is 0 Å². The maximum absolute atomic E-state index is 11.5. The number of ether oxygens (including phenoxy) is 1. The van der Waals surface area contributed by atoms with Gasteiger partial charge >= 0.3 is 0 Å². The summed E-state index contributed by atoms with van der Waals surface area (Å²) in [6.45, 7) is 2.51. The predicted octanol–water partition coefficient (Wildman–Crippen LogP) is 0.512. The molecule has 22 heavy (non-hydrogen) atoms. The van der Waals surface area contributed by atoms with Crippen LogP contribution in [0.5, 0.6) is 11.5 Å². The van der Waals surface area contributed by atoms with E-state index >= 15 is 0 Å². The number of rotatable bonds is 4. The number of carbonyl (C=O) groups excluding carboxylic acids is 2. The van der Waals surface area contributed by atoms with Gasteiger partial charge in [0.1, 0.15) is 11.6 Å². The van der Waals surface area contributed by atoms with E-state index in [-0.39, 0.29) is 11.3 Å². The highest BCUT2D eigenvalue weighted by atomic mass is 16.5. The molecule has 0 spiro atoms. The predicted molar refractivity (Wildman–Crippen MR) is 79.5 cm³/mol. The molecule has 5 N–H and O–H groups in total. The van der Waals surface area contributed by atoms with E-state index in [9.17, 15) is 15.0 Å². The summed E-state index contributed by atoms with van der Waals surface area (Å²) in [5.74, 6) is -1.34. The lowest BCUT2D eigenvalue weighted by Gasteiger charge is -2.04. The fraction of sp³-hybridized carbons (Fsp3) is 0.214. The van der Waals surface area contributed by atoms with E-state index in [1.165, 1.54) is 25.3 Å². The molecule has 0 radical (unpaired) electrons. The summed E-state index contributed by atoms with van der Waals surface area (Å²) in [6, 6.07) is 4.32. The largest absolute Gasteiger partial charge is 0.504 e. The SMILES string of the molecule is CCNC(=O)/C(C#N)=C/c1cc(N)c(O)c(O)c1.COC=O. The average Bonchev–Trinajstić information content (AvgIpc) is 2.50. The number of likely N-dealkylation sites (N-methyl/N-ethyl adjacent to an activating group) is 1. The van der Waals surface area contributed by atoms with Crippen molar-refractivity contribution in [3.63, 3.8) is 0 Å². The second-order valence-electron chi connectivity index (χ2n) is 3.84. The van der Waals surface area contributed by atoms with Gasteiger partial charge in [0.25, 0.3) is 12.4 Å². The highest BCUT2D eigenvalue weighted by molar-refractivity contribution is 6.01. The van der Waals surface area contributed by atoms with Gasteiger partial charge in [0.15, 0.2) is 11.5 Å². The van der Waals surface area contributed by atoms with E-state index in [0.717, 1.165) is 0 Å². The summed E-state index contributed by atoms with van der Waals surface area (Å²) >= 11 is 0. The molecule has 0 unspecified atom stereocenters. The first-order valence-corrected chi connectivity index (χ1v) is 6.09. The molecule has 1 aromatic rings. The lowest BCUT2D eigenvalue weighted by molar-refractivity contribution is -0.126. The third kappa shape index (κ3) is 5.83. The van der Waals surface area contributed by atoms with Gasteiger partial charge in [-0.3, -0.25) is 9.59 Å². The molecule has 1 amide bonds. The first kappa shape index (κ1) is 18.8. The van der Waals surface area contributed by atoms with Crippen molar-refractivity contribution in [2.24, 2.45) is 0 Å². The van der Waals surface area contributed by atoms with Crippen LogP contribution in [0.25, 0.3) is 6.08 Å².